The lowest BCUT2D eigenvalue weighted by molar-refractivity contribution is -0.140. The molecule has 155 valence electrons. The molecule has 0 spiro atoms. The van der Waals surface area contributed by atoms with Crippen LogP contribution in [0.2, 0.25) is 0 Å². The molecule has 1 N–H and O–H groups in total. The summed E-state index contributed by atoms with van der Waals surface area (Å²) in [6.45, 7) is 6.35. The number of rotatable bonds is 5. The molecule has 0 saturated carbocycles. The standard InChI is InChI=1S/C16H21N2O4.C4H8O2/c1-12(15(20)18-9-7-14(19)8-10-18)17-16(21)22-11-13-5-3-2-4-6-13;1-3-6-4(2)5/h2-6,12,14H,7-11H2,1H3,(H,17,21);3H2,1-2H3. The zero-order valence-corrected chi connectivity index (χ0v) is 16.7. The van der Waals surface area contributed by atoms with Gasteiger partial charge in [-0.15, -0.1) is 0 Å². The van der Waals surface area contributed by atoms with Gasteiger partial charge >= 0.3 is 12.1 Å². The molecule has 1 saturated heterocycles. The van der Waals surface area contributed by atoms with Crippen LogP contribution in [0.3, 0.4) is 0 Å². The molecule has 1 atom stereocenters. The SMILES string of the molecule is CC(NC(=O)OCc1ccccc1)C(=O)N1CCC([O])CC1.CCOC(C)=O. The van der Waals surface area contributed by atoms with Gasteiger partial charge in [-0.2, -0.15) is 0 Å². The predicted octanol–water partition coefficient (Wildman–Crippen LogP) is 2.29. The van der Waals surface area contributed by atoms with E-state index in [1.807, 2.05) is 30.3 Å². The number of likely N-dealkylation sites (tertiary alicyclic amines) is 1. The molecule has 1 aromatic carbocycles. The molecule has 8 heteroatoms. The van der Waals surface area contributed by atoms with Crippen LogP contribution in [0.4, 0.5) is 4.79 Å². The van der Waals surface area contributed by atoms with Crippen molar-refractivity contribution in [1.29, 1.82) is 0 Å². The van der Waals surface area contributed by atoms with E-state index in [0.29, 0.717) is 32.5 Å². The zero-order valence-electron chi connectivity index (χ0n) is 16.7. The fourth-order valence-corrected chi connectivity index (χ4v) is 2.56. The molecule has 0 bridgehead atoms. The summed E-state index contributed by atoms with van der Waals surface area (Å²) in [7, 11) is 0. The van der Waals surface area contributed by atoms with E-state index in [0.717, 1.165) is 5.56 Å². The lowest BCUT2D eigenvalue weighted by atomic mass is 10.1. The van der Waals surface area contributed by atoms with Gasteiger partial charge in [0.15, 0.2) is 0 Å². The Labute approximate surface area is 165 Å². The van der Waals surface area contributed by atoms with Crippen molar-refractivity contribution >= 4 is 18.0 Å². The first-order valence-corrected chi connectivity index (χ1v) is 9.38. The number of nitrogens with zero attached hydrogens (tertiary/aromatic N) is 1. The second-order valence-corrected chi connectivity index (χ2v) is 6.38. The molecule has 0 aliphatic carbocycles. The highest BCUT2D eigenvalue weighted by atomic mass is 16.5. The number of ether oxygens (including phenoxy) is 2. The van der Waals surface area contributed by atoms with Gasteiger partial charge in [-0.25, -0.2) is 9.90 Å². The summed E-state index contributed by atoms with van der Waals surface area (Å²) in [4.78, 5) is 35.3. The van der Waals surface area contributed by atoms with Crippen LogP contribution in [-0.2, 0) is 30.8 Å². The maximum absolute atomic E-state index is 12.2. The molecule has 1 unspecified atom stereocenters. The van der Waals surface area contributed by atoms with Crippen molar-refractivity contribution in [3.63, 3.8) is 0 Å². The number of benzene rings is 1. The van der Waals surface area contributed by atoms with Gasteiger partial charge in [0.05, 0.1) is 12.7 Å². The van der Waals surface area contributed by atoms with Crippen LogP contribution in [0.15, 0.2) is 30.3 Å². The Balaban J connectivity index is 0.000000568. The van der Waals surface area contributed by atoms with Crippen molar-refractivity contribution in [1.82, 2.24) is 10.2 Å². The van der Waals surface area contributed by atoms with Crippen LogP contribution < -0.4 is 5.32 Å². The van der Waals surface area contributed by atoms with Gasteiger partial charge in [0.2, 0.25) is 5.91 Å². The van der Waals surface area contributed by atoms with Crippen LogP contribution in [0.5, 0.6) is 0 Å². The molecule has 1 fully saturated rings. The molecule has 1 aliphatic heterocycles. The van der Waals surface area contributed by atoms with Crippen molar-refractivity contribution in [2.45, 2.75) is 52.4 Å². The fraction of sp³-hybridized carbons (Fsp3) is 0.550. The van der Waals surface area contributed by atoms with Gasteiger partial charge in [-0.05, 0) is 32.3 Å². The third kappa shape index (κ3) is 9.36. The zero-order chi connectivity index (χ0) is 20.9. The first-order valence-electron chi connectivity index (χ1n) is 9.38. The number of hydrogen-bond acceptors (Lipinski definition) is 5. The summed E-state index contributed by atoms with van der Waals surface area (Å²) in [6.07, 6.45) is -0.264. The number of carbonyl (C=O) groups excluding carboxylic acids is 3. The summed E-state index contributed by atoms with van der Waals surface area (Å²) in [6, 6.07) is 8.66. The van der Waals surface area contributed by atoms with E-state index >= 15 is 0 Å². The molecule has 1 aromatic rings. The number of hydrogen-bond donors (Lipinski definition) is 1. The smallest absolute Gasteiger partial charge is 0.408 e. The van der Waals surface area contributed by atoms with Gasteiger partial charge in [-0.3, -0.25) is 9.59 Å². The molecule has 8 nitrogen and oxygen atoms in total. The second-order valence-electron chi connectivity index (χ2n) is 6.38. The average Bonchev–Trinajstić information content (AvgIpc) is 2.67. The summed E-state index contributed by atoms with van der Waals surface area (Å²) < 4.78 is 9.49. The number of esters is 1. The molecule has 1 radical (unpaired) electrons. The Bertz CT molecular complexity index is 614. The first-order chi connectivity index (χ1) is 13.3. The van der Waals surface area contributed by atoms with Gasteiger partial charge in [0.1, 0.15) is 12.6 Å². The number of nitrogens with one attached hydrogen (secondary N) is 1. The third-order valence-corrected chi connectivity index (χ3v) is 4.02. The van der Waals surface area contributed by atoms with Crippen molar-refractivity contribution in [3.8, 4) is 0 Å². The van der Waals surface area contributed by atoms with E-state index in [2.05, 4.69) is 10.1 Å². The van der Waals surface area contributed by atoms with Crippen LogP contribution in [-0.4, -0.2) is 54.7 Å². The maximum Gasteiger partial charge on any atom is 0.408 e. The average molecular weight is 393 g/mol. The van der Waals surface area contributed by atoms with Crippen molar-refractivity contribution < 1.29 is 29.0 Å². The minimum absolute atomic E-state index is 0.162. The van der Waals surface area contributed by atoms with Crippen LogP contribution in [0.1, 0.15) is 39.2 Å². The lowest BCUT2D eigenvalue weighted by Gasteiger charge is -2.30. The molecule has 0 aromatic heterocycles. The van der Waals surface area contributed by atoms with E-state index < -0.39 is 18.2 Å². The maximum atomic E-state index is 12.2. The topological polar surface area (TPSA) is 105 Å². The quantitative estimate of drug-likeness (QED) is 0.773. The molecular formula is C20H29N2O6. The first kappa shape index (κ1) is 23.4. The van der Waals surface area contributed by atoms with Gasteiger partial charge < -0.3 is 19.7 Å². The Morgan fingerprint density at radius 2 is 1.75 bits per heavy atom. The van der Waals surface area contributed by atoms with Crippen molar-refractivity contribution in [2.24, 2.45) is 0 Å². The monoisotopic (exact) mass is 393 g/mol. The number of alkyl carbamates (subject to hydrolysis) is 1. The molecule has 28 heavy (non-hydrogen) atoms. The highest BCUT2D eigenvalue weighted by Crippen LogP contribution is 2.11. The fourth-order valence-electron chi connectivity index (χ4n) is 2.56. The highest BCUT2D eigenvalue weighted by molar-refractivity contribution is 5.85. The number of carbonyl (C=O) groups is 3. The largest absolute Gasteiger partial charge is 0.466 e. The molecule has 2 rings (SSSR count). The van der Waals surface area contributed by atoms with Gasteiger partial charge in [-0.1, -0.05) is 30.3 Å². The molecule has 2 amide bonds. The van der Waals surface area contributed by atoms with Crippen molar-refractivity contribution in [2.75, 3.05) is 19.7 Å². The molecular weight excluding hydrogens is 364 g/mol. The predicted molar refractivity (Wildman–Crippen MR) is 102 cm³/mol. The van der Waals surface area contributed by atoms with E-state index in [4.69, 9.17) is 4.74 Å². The summed E-state index contributed by atoms with van der Waals surface area (Å²) in [5.41, 5.74) is 0.883. The number of amides is 2. The van der Waals surface area contributed by atoms with Crippen LogP contribution in [0.25, 0.3) is 0 Å². The minimum atomic E-state index is -0.661. The van der Waals surface area contributed by atoms with E-state index in [9.17, 15) is 19.5 Å². The Morgan fingerprint density at radius 1 is 1.14 bits per heavy atom. The van der Waals surface area contributed by atoms with Crippen LogP contribution in [0, 0.1) is 0 Å². The highest BCUT2D eigenvalue weighted by Gasteiger charge is 2.26. The summed E-state index contributed by atoms with van der Waals surface area (Å²) >= 11 is 0. The molecule has 1 heterocycles. The van der Waals surface area contributed by atoms with E-state index in [1.54, 1.807) is 18.7 Å². The Kier molecular flexibility index (Phi) is 10.6. The van der Waals surface area contributed by atoms with E-state index in [-0.39, 0.29) is 18.5 Å². The van der Waals surface area contributed by atoms with Gasteiger partial charge in [0, 0.05) is 20.0 Å². The third-order valence-electron chi connectivity index (χ3n) is 4.02. The minimum Gasteiger partial charge on any atom is -0.466 e. The van der Waals surface area contributed by atoms with Gasteiger partial charge in [0.25, 0.3) is 0 Å². The lowest BCUT2D eigenvalue weighted by Crippen LogP contribution is -2.49. The van der Waals surface area contributed by atoms with E-state index in [1.165, 1.54) is 6.92 Å². The van der Waals surface area contributed by atoms with Crippen LogP contribution >= 0.6 is 0 Å². The van der Waals surface area contributed by atoms with Crippen molar-refractivity contribution in [3.05, 3.63) is 35.9 Å². The Morgan fingerprint density at radius 3 is 2.25 bits per heavy atom. The Hall–Kier alpha value is -2.61. The normalized spacial score (nSPS) is 14.9. The summed E-state index contributed by atoms with van der Waals surface area (Å²) in [5, 5.41) is 13.8. The summed E-state index contributed by atoms with van der Waals surface area (Å²) in [5.74, 6) is -0.388. The second kappa shape index (κ2) is 12.7. The number of piperidine rings is 1. The molecule has 1 aliphatic rings.